The van der Waals surface area contributed by atoms with Gasteiger partial charge in [0.25, 0.3) is 0 Å². The molecule has 15 heavy (non-hydrogen) atoms. The Morgan fingerprint density at radius 1 is 1.47 bits per heavy atom. The lowest BCUT2D eigenvalue weighted by atomic mass is 9.83. The molecule has 1 heteroatoms. The van der Waals surface area contributed by atoms with E-state index in [-0.39, 0.29) is 5.92 Å². The van der Waals surface area contributed by atoms with E-state index in [0.29, 0.717) is 18.1 Å². The van der Waals surface area contributed by atoms with E-state index >= 15 is 0 Å². The van der Waals surface area contributed by atoms with Gasteiger partial charge in [-0.3, -0.25) is 4.79 Å². The first-order valence-electron chi connectivity index (χ1n) is 6.06. The molecule has 0 heterocycles. The molecule has 2 unspecified atom stereocenters. The Morgan fingerprint density at radius 3 is 2.80 bits per heavy atom. The summed E-state index contributed by atoms with van der Waals surface area (Å²) in [7, 11) is 0. The van der Waals surface area contributed by atoms with Gasteiger partial charge in [0.1, 0.15) is 5.78 Å². The highest BCUT2D eigenvalue weighted by Gasteiger charge is 2.24. The molecule has 1 rings (SSSR count). The fourth-order valence-electron chi connectivity index (χ4n) is 2.24. The van der Waals surface area contributed by atoms with Gasteiger partial charge in [-0.25, -0.2) is 0 Å². The van der Waals surface area contributed by atoms with Crippen LogP contribution in [-0.2, 0) is 4.79 Å². The van der Waals surface area contributed by atoms with Crippen LogP contribution in [0.4, 0.5) is 0 Å². The van der Waals surface area contributed by atoms with Crippen molar-refractivity contribution in [3.8, 4) is 0 Å². The van der Waals surface area contributed by atoms with E-state index in [0.717, 1.165) is 12.8 Å². The zero-order valence-corrected chi connectivity index (χ0v) is 10.1. The monoisotopic (exact) mass is 206 g/mol. The quantitative estimate of drug-likeness (QED) is 0.681. The number of rotatable bonds is 4. The van der Waals surface area contributed by atoms with Gasteiger partial charge in [0.05, 0.1) is 0 Å². The summed E-state index contributed by atoms with van der Waals surface area (Å²) < 4.78 is 0. The van der Waals surface area contributed by atoms with Gasteiger partial charge in [-0.1, -0.05) is 44.1 Å². The Kier molecular flexibility index (Phi) is 4.80. The van der Waals surface area contributed by atoms with Crippen LogP contribution in [0.5, 0.6) is 0 Å². The van der Waals surface area contributed by atoms with E-state index in [2.05, 4.69) is 32.1 Å². The van der Waals surface area contributed by atoms with Crippen molar-refractivity contribution in [3.05, 3.63) is 23.8 Å². The van der Waals surface area contributed by atoms with E-state index < -0.39 is 0 Å². The number of carbonyl (C=O) groups is 1. The molecular weight excluding hydrogens is 184 g/mol. The lowest BCUT2D eigenvalue weighted by molar-refractivity contribution is -0.122. The molecule has 1 nitrogen and oxygen atoms in total. The number of allylic oxidation sites excluding steroid dienone is 4. The molecule has 0 fully saturated rings. The van der Waals surface area contributed by atoms with Crippen molar-refractivity contribution in [3.63, 3.8) is 0 Å². The Morgan fingerprint density at radius 2 is 2.20 bits per heavy atom. The number of hydrogen-bond donors (Lipinski definition) is 0. The van der Waals surface area contributed by atoms with E-state index in [4.69, 9.17) is 0 Å². The van der Waals surface area contributed by atoms with E-state index in [9.17, 15) is 4.79 Å². The summed E-state index contributed by atoms with van der Waals surface area (Å²) >= 11 is 0. The fraction of sp³-hybridized carbons (Fsp3) is 0.643. The zero-order valence-electron chi connectivity index (χ0n) is 10.1. The third-order valence-corrected chi connectivity index (χ3v) is 3.20. The average molecular weight is 206 g/mol. The maximum atomic E-state index is 11.8. The Labute approximate surface area is 93.3 Å². The van der Waals surface area contributed by atoms with Crippen LogP contribution < -0.4 is 0 Å². The number of ketones is 1. The fourth-order valence-corrected chi connectivity index (χ4v) is 2.24. The zero-order chi connectivity index (χ0) is 11.3. The lowest BCUT2D eigenvalue weighted by Crippen LogP contribution is -2.20. The van der Waals surface area contributed by atoms with Crippen molar-refractivity contribution >= 4 is 5.78 Å². The van der Waals surface area contributed by atoms with Crippen molar-refractivity contribution in [2.75, 3.05) is 0 Å². The minimum atomic E-state index is 0.156. The molecule has 0 amide bonds. The predicted molar refractivity (Wildman–Crippen MR) is 64.7 cm³/mol. The van der Waals surface area contributed by atoms with Crippen LogP contribution in [-0.4, -0.2) is 5.78 Å². The molecule has 0 aromatic heterocycles. The smallest absolute Gasteiger partial charge is 0.139 e. The van der Waals surface area contributed by atoms with Crippen LogP contribution in [0, 0.1) is 11.8 Å². The van der Waals surface area contributed by atoms with Gasteiger partial charge in [-0.05, 0) is 25.7 Å². The van der Waals surface area contributed by atoms with Crippen molar-refractivity contribution in [2.24, 2.45) is 11.8 Å². The summed E-state index contributed by atoms with van der Waals surface area (Å²) in [5.74, 6) is 1.08. The first-order valence-corrected chi connectivity index (χ1v) is 6.06. The highest BCUT2D eigenvalue weighted by Crippen LogP contribution is 2.28. The summed E-state index contributed by atoms with van der Waals surface area (Å²) in [6.07, 6.45) is 10.5. The minimum Gasteiger partial charge on any atom is -0.299 e. The van der Waals surface area contributed by atoms with Gasteiger partial charge in [0.15, 0.2) is 0 Å². The SMILES string of the molecule is CCCC1CC=C(C)C=CC1C(=O)CC. The molecule has 84 valence electrons. The van der Waals surface area contributed by atoms with Crippen molar-refractivity contribution in [1.29, 1.82) is 0 Å². The van der Waals surface area contributed by atoms with Crippen LogP contribution in [0.25, 0.3) is 0 Å². The molecule has 0 aromatic carbocycles. The van der Waals surface area contributed by atoms with Crippen LogP contribution in [0.15, 0.2) is 23.8 Å². The summed E-state index contributed by atoms with van der Waals surface area (Å²) in [5, 5.41) is 0. The second-order valence-corrected chi connectivity index (χ2v) is 4.44. The summed E-state index contributed by atoms with van der Waals surface area (Å²) in [6, 6.07) is 0. The number of carbonyl (C=O) groups excluding carboxylic acids is 1. The Balaban J connectivity index is 2.80. The van der Waals surface area contributed by atoms with Gasteiger partial charge in [0.2, 0.25) is 0 Å². The number of Topliss-reactive ketones (excluding diaryl/α,β-unsaturated/α-hetero) is 1. The van der Waals surface area contributed by atoms with Crippen LogP contribution in [0.1, 0.15) is 46.5 Å². The third-order valence-electron chi connectivity index (χ3n) is 3.20. The van der Waals surface area contributed by atoms with Crippen LogP contribution in [0.3, 0.4) is 0 Å². The standard InChI is InChI=1S/C14H22O/c1-4-6-12-9-7-11(3)8-10-13(12)14(15)5-2/h7-8,10,12-13H,4-6,9H2,1-3H3. The predicted octanol–water partition coefficient (Wildman–Crippen LogP) is 3.90. The molecule has 0 aliphatic heterocycles. The van der Waals surface area contributed by atoms with E-state index in [1.165, 1.54) is 12.0 Å². The highest BCUT2D eigenvalue weighted by molar-refractivity contribution is 5.82. The van der Waals surface area contributed by atoms with Crippen molar-refractivity contribution < 1.29 is 4.79 Å². The molecule has 0 aromatic rings. The molecule has 0 bridgehead atoms. The van der Waals surface area contributed by atoms with Gasteiger partial charge < -0.3 is 0 Å². The summed E-state index contributed by atoms with van der Waals surface area (Å²) in [5.41, 5.74) is 1.29. The second-order valence-electron chi connectivity index (χ2n) is 4.44. The summed E-state index contributed by atoms with van der Waals surface area (Å²) in [4.78, 5) is 11.8. The van der Waals surface area contributed by atoms with Gasteiger partial charge in [-0.2, -0.15) is 0 Å². The Hall–Kier alpha value is -0.850. The lowest BCUT2D eigenvalue weighted by Gasteiger charge is -2.20. The van der Waals surface area contributed by atoms with Gasteiger partial charge in [0, 0.05) is 12.3 Å². The normalized spacial score (nSPS) is 25.9. The van der Waals surface area contributed by atoms with E-state index in [1.54, 1.807) is 0 Å². The van der Waals surface area contributed by atoms with Crippen LogP contribution >= 0.6 is 0 Å². The summed E-state index contributed by atoms with van der Waals surface area (Å²) in [6.45, 7) is 6.27. The largest absolute Gasteiger partial charge is 0.299 e. The minimum absolute atomic E-state index is 0.156. The first kappa shape index (κ1) is 12.2. The number of hydrogen-bond acceptors (Lipinski definition) is 1. The third kappa shape index (κ3) is 3.33. The van der Waals surface area contributed by atoms with Crippen LogP contribution in [0.2, 0.25) is 0 Å². The molecular formula is C14H22O. The highest BCUT2D eigenvalue weighted by atomic mass is 16.1. The van der Waals surface area contributed by atoms with E-state index in [1.807, 2.05) is 6.92 Å². The second kappa shape index (κ2) is 5.89. The maximum absolute atomic E-state index is 11.8. The molecule has 0 saturated heterocycles. The molecule has 1 aliphatic rings. The molecule has 2 atom stereocenters. The molecule has 1 aliphatic carbocycles. The molecule has 0 saturated carbocycles. The maximum Gasteiger partial charge on any atom is 0.139 e. The van der Waals surface area contributed by atoms with Gasteiger partial charge in [-0.15, -0.1) is 0 Å². The Bertz CT molecular complexity index is 273. The topological polar surface area (TPSA) is 17.1 Å². The van der Waals surface area contributed by atoms with Crippen molar-refractivity contribution in [1.82, 2.24) is 0 Å². The molecule has 0 spiro atoms. The first-order chi connectivity index (χ1) is 7.19. The molecule has 0 N–H and O–H groups in total. The van der Waals surface area contributed by atoms with Gasteiger partial charge >= 0.3 is 0 Å². The molecule has 0 radical (unpaired) electrons. The average Bonchev–Trinajstić information content (AvgIpc) is 2.41. The van der Waals surface area contributed by atoms with Crippen molar-refractivity contribution in [2.45, 2.75) is 46.5 Å².